The van der Waals surface area contributed by atoms with Crippen molar-refractivity contribution in [3.8, 4) is 0 Å². The third-order valence-electron chi connectivity index (χ3n) is 3.40. The van der Waals surface area contributed by atoms with Gasteiger partial charge in [-0.15, -0.1) is 0 Å². The molecule has 0 amide bonds. The number of hydrogen-bond donors (Lipinski definition) is 1. The van der Waals surface area contributed by atoms with Gasteiger partial charge in [-0.1, -0.05) is 37.6 Å². The lowest BCUT2D eigenvalue weighted by Crippen LogP contribution is -2.47. The Morgan fingerprint density at radius 1 is 1.35 bits per heavy atom. The van der Waals surface area contributed by atoms with E-state index in [0.717, 1.165) is 24.5 Å². The van der Waals surface area contributed by atoms with Crippen molar-refractivity contribution < 1.29 is 4.74 Å². The summed E-state index contributed by atoms with van der Waals surface area (Å²) in [4.78, 5) is 0. The molecule has 1 atom stereocenters. The van der Waals surface area contributed by atoms with Crippen LogP contribution in [0.1, 0.15) is 25.8 Å². The van der Waals surface area contributed by atoms with E-state index in [1.54, 1.807) is 0 Å². The Hall–Kier alpha value is -0.570. The van der Waals surface area contributed by atoms with E-state index >= 15 is 0 Å². The molecule has 1 unspecified atom stereocenters. The van der Waals surface area contributed by atoms with Crippen LogP contribution in [0.3, 0.4) is 0 Å². The largest absolute Gasteiger partial charge is 0.373 e. The van der Waals surface area contributed by atoms with Gasteiger partial charge in [0.2, 0.25) is 0 Å². The van der Waals surface area contributed by atoms with E-state index in [4.69, 9.17) is 16.3 Å². The molecule has 1 fully saturated rings. The van der Waals surface area contributed by atoms with Crippen molar-refractivity contribution in [3.63, 3.8) is 0 Å². The molecule has 0 saturated carbocycles. The predicted molar refractivity (Wildman–Crippen MR) is 71.3 cm³/mol. The Kier molecular flexibility index (Phi) is 4.08. The second-order valence-electron chi connectivity index (χ2n) is 5.38. The summed E-state index contributed by atoms with van der Waals surface area (Å²) in [7, 11) is 0. The van der Waals surface area contributed by atoms with Gasteiger partial charge in [0.15, 0.2) is 0 Å². The van der Waals surface area contributed by atoms with Gasteiger partial charge < -0.3 is 10.1 Å². The van der Waals surface area contributed by atoms with Crippen molar-refractivity contribution in [2.45, 2.75) is 33.0 Å². The standard InChI is InChI=1S/C14H20ClNO/c1-14(2)10-16-8-7-13(14)17-9-11-3-5-12(15)6-4-11/h3-6,13,16H,7-10H2,1-2H3. The molecule has 3 heteroatoms. The summed E-state index contributed by atoms with van der Waals surface area (Å²) in [5, 5.41) is 4.19. The lowest BCUT2D eigenvalue weighted by molar-refractivity contribution is -0.0519. The highest BCUT2D eigenvalue weighted by atomic mass is 35.5. The second-order valence-corrected chi connectivity index (χ2v) is 5.82. The molecule has 1 N–H and O–H groups in total. The molecule has 0 bridgehead atoms. The number of piperidine rings is 1. The zero-order chi connectivity index (χ0) is 12.3. The number of ether oxygens (including phenoxy) is 1. The van der Waals surface area contributed by atoms with Crippen LogP contribution >= 0.6 is 11.6 Å². The molecule has 1 aliphatic heterocycles. The quantitative estimate of drug-likeness (QED) is 0.893. The molecule has 2 nitrogen and oxygen atoms in total. The van der Waals surface area contributed by atoms with E-state index in [9.17, 15) is 0 Å². The third-order valence-corrected chi connectivity index (χ3v) is 3.65. The van der Waals surface area contributed by atoms with E-state index in [0.29, 0.717) is 12.7 Å². The second kappa shape index (κ2) is 5.38. The minimum Gasteiger partial charge on any atom is -0.373 e. The molecular weight excluding hydrogens is 234 g/mol. The van der Waals surface area contributed by atoms with Crippen molar-refractivity contribution >= 4 is 11.6 Å². The van der Waals surface area contributed by atoms with Crippen molar-refractivity contribution in [1.29, 1.82) is 0 Å². The number of halogens is 1. The normalized spacial score (nSPS) is 23.6. The highest BCUT2D eigenvalue weighted by Crippen LogP contribution is 2.28. The van der Waals surface area contributed by atoms with Gasteiger partial charge in [0.25, 0.3) is 0 Å². The Morgan fingerprint density at radius 3 is 2.71 bits per heavy atom. The van der Waals surface area contributed by atoms with E-state index in [2.05, 4.69) is 19.2 Å². The molecule has 0 aromatic heterocycles. The molecule has 0 spiro atoms. The first-order chi connectivity index (χ1) is 8.08. The van der Waals surface area contributed by atoms with Crippen molar-refractivity contribution in [3.05, 3.63) is 34.9 Å². The van der Waals surface area contributed by atoms with E-state index in [1.807, 2.05) is 24.3 Å². The number of rotatable bonds is 3. The lowest BCUT2D eigenvalue weighted by Gasteiger charge is -2.38. The average molecular weight is 254 g/mol. The summed E-state index contributed by atoms with van der Waals surface area (Å²) in [6.07, 6.45) is 1.42. The van der Waals surface area contributed by atoms with Gasteiger partial charge in [0.1, 0.15) is 0 Å². The first-order valence-corrected chi connectivity index (χ1v) is 6.52. The predicted octanol–water partition coefficient (Wildman–Crippen LogP) is 3.24. The molecule has 1 aliphatic rings. The molecule has 1 heterocycles. The van der Waals surface area contributed by atoms with Crippen molar-refractivity contribution in [2.24, 2.45) is 5.41 Å². The van der Waals surface area contributed by atoms with Gasteiger partial charge in [-0.2, -0.15) is 0 Å². The van der Waals surface area contributed by atoms with E-state index in [-0.39, 0.29) is 5.41 Å². The Morgan fingerprint density at radius 2 is 2.06 bits per heavy atom. The summed E-state index contributed by atoms with van der Waals surface area (Å²) in [6.45, 7) is 7.26. The maximum atomic E-state index is 6.04. The van der Waals surface area contributed by atoms with Crippen LogP contribution in [-0.2, 0) is 11.3 Å². The fourth-order valence-corrected chi connectivity index (χ4v) is 2.36. The molecule has 94 valence electrons. The summed E-state index contributed by atoms with van der Waals surface area (Å²) < 4.78 is 6.04. The van der Waals surface area contributed by atoms with Gasteiger partial charge in [-0.05, 0) is 30.7 Å². The monoisotopic (exact) mass is 253 g/mol. The van der Waals surface area contributed by atoms with Gasteiger partial charge in [0.05, 0.1) is 12.7 Å². The first-order valence-electron chi connectivity index (χ1n) is 6.15. The van der Waals surface area contributed by atoms with E-state index in [1.165, 1.54) is 5.56 Å². The number of benzene rings is 1. The maximum Gasteiger partial charge on any atom is 0.0720 e. The minimum atomic E-state index is 0.213. The maximum absolute atomic E-state index is 6.04. The topological polar surface area (TPSA) is 21.3 Å². The van der Waals surface area contributed by atoms with Gasteiger partial charge in [-0.3, -0.25) is 0 Å². The lowest BCUT2D eigenvalue weighted by atomic mass is 9.82. The minimum absolute atomic E-state index is 0.213. The fourth-order valence-electron chi connectivity index (χ4n) is 2.23. The Balaban J connectivity index is 1.91. The molecule has 0 aliphatic carbocycles. The Labute approximate surface area is 108 Å². The van der Waals surface area contributed by atoms with Gasteiger partial charge in [-0.25, -0.2) is 0 Å². The summed E-state index contributed by atoms with van der Waals surface area (Å²) in [5.74, 6) is 0. The molecule has 1 aromatic rings. The fraction of sp³-hybridized carbons (Fsp3) is 0.571. The SMILES string of the molecule is CC1(C)CNCCC1OCc1ccc(Cl)cc1. The summed E-state index contributed by atoms with van der Waals surface area (Å²) >= 11 is 5.86. The molecular formula is C14H20ClNO. The van der Waals surface area contributed by atoms with Crippen LogP contribution in [0.2, 0.25) is 5.02 Å². The summed E-state index contributed by atoms with van der Waals surface area (Å²) in [5.41, 5.74) is 1.40. The zero-order valence-corrected chi connectivity index (χ0v) is 11.3. The van der Waals surface area contributed by atoms with Gasteiger partial charge >= 0.3 is 0 Å². The van der Waals surface area contributed by atoms with Crippen molar-refractivity contribution in [1.82, 2.24) is 5.32 Å². The third kappa shape index (κ3) is 3.44. The van der Waals surface area contributed by atoms with Gasteiger partial charge in [0, 0.05) is 17.0 Å². The molecule has 0 radical (unpaired) electrons. The van der Waals surface area contributed by atoms with Crippen LogP contribution in [0.25, 0.3) is 0 Å². The average Bonchev–Trinajstić information content (AvgIpc) is 2.29. The molecule has 17 heavy (non-hydrogen) atoms. The highest BCUT2D eigenvalue weighted by molar-refractivity contribution is 6.30. The van der Waals surface area contributed by atoms with Crippen LogP contribution in [0.4, 0.5) is 0 Å². The van der Waals surface area contributed by atoms with Crippen molar-refractivity contribution in [2.75, 3.05) is 13.1 Å². The summed E-state index contributed by atoms with van der Waals surface area (Å²) in [6, 6.07) is 7.87. The smallest absolute Gasteiger partial charge is 0.0720 e. The molecule has 1 aromatic carbocycles. The van der Waals surface area contributed by atoms with Crippen LogP contribution in [0.15, 0.2) is 24.3 Å². The molecule has 2 rings (SSSR count). The van der Waals surface area contributed by atoms with Crippen LogP contribution < -0.4 is 5.32 Å². The first kappa shape index (κ1) is 12.9. The molecule has 1 saturated heterocycles. The number of nitrogens with one attached hydrogen (secondary N) is 1. The van der Waals surface area contributed by atoms with Crippen LogP contribution in [0.5, 0.6) is 0 Å². The number of hydrogen-bond acceptors (Lipinski definition) is 2. The van der Waals surface area contributed by atoms with Crippen LogP contribution in [-0.4, -0.2) is 19.2 Å². The Bertz CT molecular complexity index is 361. The highest BCUT2D eigenvalue weighted by Gasteiger charge is 2.32. The van der Waals surface area contributed by atoms with Crippen LogP contribution in [0, 0.1) is 5.41 Å². The van der Waals surface area contributed by atoms with E-state index < -0.39 is 0 Å². The zero-order valence-electron chi connectivity index (χ0n) is 10.5.